The average Bonchev–Trinajstić information content (AvgIpc) is 3.09. The van der Waals surface area contributed by atoms with Crippen LogP contribution in [0.4, 0.5) is 0 Å². The summed E-state index contributed by atoms with van der Waals surface area (Å²) in [6.45, 7) is 3.90. The standard InChI is InChI=1S/C17H18N6O2/c1-11-7-12(2)20-17(25)15(11)9-18-16(24)8-13-3-5-14(6-4-13)23-10-19-21-22-23/h3-7,10H,8-9H2,1-2H3,(H,18,24)(H,20,25). The molecule has 128 valence electrons. The second-order valence-corrected chi connectivity index (χ2v) is 5.82. The molecule has 3 aromatic rings. The number of hydrogen-bond acceptors (Lipinski definition) is 5. The van der Waals surface area contributed by atoms with E-state index < -0.39 is 0 Å². The van der Waals surface area contributed by atoms with Gasteiger partial charge in [-0.05, 0) is 53.6 Å². The van der Waals surface area contributed by atoms with E-state index >= 15 is 0 Å². The first kappa shape index (κ1) is 16.6. The molecule has 1 aromatic carbocycles. The van der Waals surface area contributed by atoms with Gasteiger partial charge in [0.1, 0.15) is 6.33 Å². The van der Waals surface area contributed by atoms with Crippen LogP contribution in [0, 0.1) is 13.8 Å². The lowest BCUT2D eigenvalue weighted by Gasteiger charge is -2.08. The van der Waals surface area contributed by atoms with Gasteiger partial charge in [-0.1, -0.05) is 12.1 Å². The van der Waals surface area contributed by atoms with E-state index in [1.54, 1.807) is 0 Å². The van der Waals surface area contributed by atoms with Gasteiger partial charge in [-0.2, -0.15) is 0 Å². The van der Waals surface area contributed by atoms with Crippen LogP contribution in [-0.2, 0) is 17.8 Å². The molecule has 0 atom stereocenters. The number of aromatic amines is 1. The maximum absolute atomic E-state index is 12.1. The first-order valence-electron chi connectivity index (χ1n) is 7.81. The molecule has 0 saturated heterocycles. The van der Waals surface area contributed by atoms with Crippen molar-refractivity contribution in [1.29, 1.82) is 0 Å². The number of nitrogens with zero attached hydrogens (tertiary/aromatic N) is 4. The molecule has 0 aliphatic carbocycles. The van der Waals surface area contributed by atoms with Crippen LogP contribution in [0.1, 0.15) is 22.4 Å². The lowest BCUT2D eigenvalue weighted by Crippen LogP contribution is -2.29. The summed E-state index contributed by atoms with van der Waals surface area (Å²) in [4.78, 5) is 26.8. The Hall–Kier alpha value is -3.29. The molecule has 1 amide bonds. The van der Waals surface area contributed by atoms with E-state index in [9.17, 15) is 9.59 Å². The van der Waals surface area contributed by atoms with Crippen molar-refractivity contribution in [3.8, 4) is 5.69 Å². The van der Waals surface area contributed by atoms with Crippen molar-refractivity contribution in [2.45, 2.75) is 26.8 Å². The van der Waals surface area contributed by atoms with E-state index in [2.05, 4.69) is 25.8 Å². The number of tetrazole rings is 1. The normalized spacial score (nSPS) is 10.6. The monoisotopic (exact) mass is 338 g/mol. The summed E-state index contributed by atoms with van der Waals surface area (Å²) >= 11 is 0. The molecule has 0 aliphatic heterocycles. The summed E-state index contributed by atoms with van der Waals surface area (Å²) in [5.41, 5.74) is 3.77. The average molecular weight is 338 g/mol. The second kappa shape index (κ2) is 7.08. The van der Waals surface area contributed by atoms with Gasteiger partial charge in [0, 0.05) is 17.8 Å². The number of pyridine rings is 1. The predicted octanol–water partition coefficient (Wildman–Crippen LogP) is 0.826. The van der Waals surface area contributed by atoms with E-state index in [0.717, 1.165) is 22.5 Å². The van der Waals surface area contributed by atoms with Gasteiger partial charge >= 0.3 is 0 Å². The largest absolute Gasteiger partial charge is 0.352 e. The van der Waals surface area contributed by atoms with Gasteiger partial charge in [-0.3, -0.25) is 9.59 Å². The smallest absolute Gasteiger partial charge is 0.253 e. The van der Waals surface area contributed by atoms with Gasteiger partial charge in [-0.25, -0.2) is 4.68 Å². The number of amides is 1. The zero-order chi connectivity index (χ0) is 17.8. The quantitative estimate of drug-likeness (QED) is 0.717. The van der Waals surface area contributed by atoms with Crippen LogP contribution in [0.25, 0.3) is 5.69 Å². The molecule has 0 fully saturated rings. The molecular formula is C17H18N6O2. The maximum atomic E-state index is 12.1. The molecule has 25 heavy (non-hydrogen) atoms. The molecule has 0 bridgehead atoms. The van der Waals surface area contributed by atoms with Crippen LogP contribution >= 0.6 is 0 Å². The molecule has 2 N–H and O–H groups in total. The minimum absolute atomic E-state index is 0.144. The van der Waals surface area contributed by atoms with Crippen molar-refractivity contribution >= 4 is 5.91 Å². The first-order chi connectivity index (χ1) is 12.0. The SMILES string of the molecule is Cc1cc(C)c(CNC(=O)Cc2ccc(-n3cnnn3)cc2)c(=O)[nH]1. The molecule has 0 unspecified atom stereocenters. The molecule has 2 aromatic heterocycles. The van der Waals surface area contributed by atoms with Crippen molar-refractivity contribution in [3.05, 3.63) is 69.4 Å². The van der Waals surface area contributed by atoms with Gasteiger partial charge in [-0.15, -0.1) is 5.10 Å². The molecule has 8 heteroatoms. The third kappa shape index (κ3) is 3.97. The van der Waals surface area contributed by atoms with E-state index in [1.807, 2.05) is 44.2 Å². The molecular weight excluding hydrogens is 320 g/mol. The number of aryl methyl sites for hydroxylation is 2. The van der Waals surface area contributed by atoms with Gasteiger partial charge in [0.2, 0.25) is 5.91 Å². The van der Waals surface area contributed by atoms with Crippen LogP contribution < -0.4 is 10.9 Å². The Morgan fingerprint density at radius 2 is 2.00 bits per heavy atom. The Labute approximate surface area is 143 Å². The third-order valence-electron chi connectivity index (χ3n) is 3.87. The minimum atomic E-state index is -0.163. The number of carbonyl (C=O) groups excluding carboxylic acids is 1. The van der Waals surface area contributed by atoms with Crippen LogP contribution in [0.3, 0.4) is 0 Å². The molecule has 0 radical (unpaired) electrons. The topological polar surface area (TPSA) is 106 Å². The second-order valence-electron chi connectivity index (χ2n) is 5.82. The van der Waals surface area contributed by atoms with Crippen LogP contribution in [0.15, 0.2) is 41.5 Å². The number of carbonyl (C=O) groups is 1. The molecule has 8 nitrogen and oxygen atoms in total. The van der Waals surface area contributed by atoms with Crippen molar-refractivity contribution in [3.63, 3.8) is 0 Å². The van der Waals surface area contributed by atoms with Crippen LogP contribution in [0.5, 0.6) is 0 Å². The van der Waals surface area contributed by atoms with E-state index in [-0.39, 0.29) is 24.4 Å². The molecule has 0 saturated carbocycles. The number of aromatic nitrogens is 5. The Morgan fingerprint density at radius 3 is 2.64 bits per heavy atom. The summed E-state index contributed by atoms with van der Waals surface area (Å²) in [7, 11) is 0. The lowest BCUT2D eigenvalue weighted by atomic mass is 10.1. The van der Waals surface area contributed by atoms with Gasteiger partial charge in [0.15, 0.2) is 0 Å². The van der Waals surface area contributed by atoms with Crippen LogP contribution in [0.2, 0.25) is 0 Å². The van der Waals surface area contributed by atoms with Crippen LogP contribution in [-0.4, -0.2) is 31.1 Å². The zero-order valence-electron chi connectivity index (χ0n) is 14.0. The highest BCUT2D eigenvalue weighted by Crippen LogP contribution is 2.08. The molecule has 2 heterocycles. The maximum Gasteiger partial charge on any atom is 0.253 e. The fraction of sp³-hybridized carbons (Fsp3) is 0.235. The summed E-state index contributed by atoms with van der Waals surface area (Å²) < 4.78 is 1.54. The Balaban J connectivity index is 1.61. The number of hydrogen-bond donors (Lipinski definition) is 2. The fourth-order valence-electron chi connectivity index (χ4n) is 2.58. The summed E-state index contributed by atoms with van der Waals surface area (Å²) in [5.74, 6) is -0.144. The van der Waals surface area contributed by atoms with Gasteiger partial charge < -0.3 is 10.3 Å². The van der Waals surface area contributed by atoms with E-state index in [0.29, 0.717) is 5.56 Å². The lowest BCUT2D eigenvalue weighted by molar-refractivity contribution is -0.120. The highest BCUT2D eigenvalue weighted by molar-refractivity contribution is 5.78. The first-order valence-corrected chi connectivity index (χ1v) is 7.81. The van der Waals surface area contributed by atoms with Crippen molar-refractivity contribution < 1.29 is 4.79 Å². The minimum Gasteiger partial charge on any atom is -0.352 e. The van der Waals surface area contributed by atoms with E-state index in [4.69, 9.17) is 0 Å². The summed E-state index contributed by atoms with van der Waals surface area (Å²) in [6, 6.07) is 9.27. The van der Waals surface area contributed by atoms with E-state index in [1.165, 1.54) is 11.0 Å². The fourth-order valence-corrected chi connectivity index (χ4v) is 2.58. The number of rotatable bonds is 5. The Morgan fingerprint density at radius 1 is 1.24 bits per heavy atom. The number of nitrogens with one attached hydrogen (secondary N) is 2. The number of H-pyrrole nitrogens is 1. The Bertz CT molecular complexity index is 929. The number of benzene rings is 1. The third-order valence-corrected chi connectivity index (χ3v) is 3.87. The summed E-state index contributed by atoms with van der Waals surface area (Å²) in [6.07, 6.45) is 1.74. The van der Waals surface area contributed by atoms with Crippen molar-refractivity contribution in [2.24, 2.45) is 0 Å². The molecule has 0 spiro atoms. The molecule has 3 rings (SSSR count). The zero-order valence-corrected chi connectivity index (χ0v) is 14.0. The predicted molar refractivity (Wildman–Crippen MR) is 91.2 cm³/mol. The highest BCUT2D eigenvalue weighted by Gasteiger charge is 2.08. The van der Waals surface area contributed by atoms with Crippen molar-refractivity contribution in [2.75, 3.05) is 0 Å². The summed E-state index contributed by atoms with van der Waals surface area (Å²) in [5, 5.41) is 13.8. The highest BCUT2D eigenvalue weighted by atomic mass is 16.1. The Kier molecular flexibility index (Phi) is 4.69. The van der Waals surface area contributed by atoms with Gasteiger partial charge in [0.25, 0.3) is 5.56 Å². The molecule has 0 aliphatic rings. The van der Waals surface area contributed by atoms with Crippen molar-refractivity contribution in [1.82, 2.24) is 30.5 Å². The van der Waals surface area contributed by atoms with Gasteiger partial charge in [0.05, 0.1) is 12.1 Å².